The van der Waals surface area contributed by atoms with Gasteiger partial charge in [0.05, 0.1) is 4.92 Å². The highest BCUT2D eigenvalue weighted by molar-refractivity contribution is 8.22. The second-order valence-corrected chi connectivity index (χ2v) is 4.33. The van der Waals surface area contributed by atoms with Gasteiger partial charge in [-0.25, -0.2) is 0 Å². The second kappa shape index (κ2) is 6.16. The monoisotopic (exact) mass is 271 g/mol. The molecule has 1 rings (SSSR count). The first kappa shape index (κ1) is 13.4. The van der Waals surface area contributed by atoms with Gasteiger partial charge in [0, 0.05) is 6.07 Å². The molecular formula is C9H9N3O3S2. The lowest BCUT2D eigenvalue weighted by molar-refractivity contribution is -0.385. The van der Waals surface area contributed by atoms with Crippen LogP contribution in [0.3, 0.4) is 0 Å². The number of nitrogens with one attached hydrogen (secondary N) is 2. The van der Waals surface area contributed by atoms with E-state index < -0.39 is 10.8 Å². The highest BCUT2D eigenvalue weighted by Crippen LogP contribution is 2.16. The molecule has 1 amide bonds. The molecule has 0 aliphatic carbocycles. The summed E-state index contributed by atoms with van der Waals surface area (Å²) in [4.78, 5) is 21.7. The van der Waals surface area contributed by atoms with Crippen molar-refractivity contribution in [3.8, 4) is 0 Å². The number of nitrogens with zero attached hydrogens (tertiary/aromatic N) is 1. The van der Waals surface area contributed by atoms with Gasteiger partial charge in [0.2, 0.25) is 0 Å². The third-order valence-corrected chi connectivity index (χ3v) is 2.88. The van der Waals surface area contributed by atoms with E-state index in [0.717, 1.165) is 0 Å². The molecule has 0 aromatic heterocycles. The van der Waals surface area contributed by atoms with E-state index in [2.05, 4.69) is 10.9 Å². The number of nitro groups is 1. The van der Waals surface area contributed by atoms with Crippen LogP contribution in [0.1, 0.15) is 10.4 Å². The van der Waals surface area contributed by atoms with E-state index in [4.69, 9.17) is 12.2 Å². The molecule has 6 nitrogen and oxygen atoms in total. The Labute approximate surface area is 107 Å². The maximum Gasteiger partial charge on any atom is 0.282 e. The fourth-order valence-corrected chi connectivity index (χ4v) is 1.26. The van der Waals surface area contributed by atoms with Crippen LogP contribution in [-0.4, -0.2) is 21.4 Å². The molecule has 2 N–H and O–H groups in total. The Balaban J connectivity index is 2.82. The van der Waals surface area contributed by atoms with Crippen molar-refractivity contribution in [3.05, 3.63) is 39.9 Å². The summed E-state index contributed by atoms with van der Waals surface area (Å²) in [6, 6.07) is 5.68. The standard InChI is InChI=1S/C9H9N3O3S2/c1-17-9(16)11-10-8(13)6-4-2-3-5-7(6)12(14)15/h2-5H,1H3,(H,10,13)(H,11,16). The van der Waals surface area contributed by atoms with Crippen LogP contribution in [-0.2, 0) is 0 Å². The fraction of sp³-hybridized carbons (Fsp3) is 0.111. The molecule has 1 aromatic carbocycles. The average Bonchev–Trinajstić information content (AvgIpc) is 2.35. The highest BCUT2D eigenvalue weighted by Gasteiger charge is 2.18. The predicted octanol–water partition coefficient (Wildman–Crippen LogP) is 1.48. The number of amides is 1. The number of para-hydroxylation sites is 1. The first-order valence-corrected chi connectivity index (χ1v) is 6.07. The van der Waals surface area contributed by atoms with Gasteiger partial charge in [-0.2, -0.15) is 0 Å². The molecule has 8 heteroatoms. The van der Waals surface area contributed by atoms with Crippen molar-refractivity contribution in [2.75, 3.05) is 6.26 Å². The number of carbonyl (C=O) groups excluding carboxylic acids is 1. The largest absolute Gasteiger partial charge is 0.283 e. The molecule has 0 saturated carbocycles. The minimum atomic E-state index is -0.609. The number of thioether (sulfide) groups is 1. The third-order valence-electron chi connectivity index (χ3n) is 1.81. The molecule has 0 bridgehead atoms. The number of thiocarbonyl (C=S) groups is 1. The Hall–Kier alpha value is -1.67. The van der Waals surface area contributed by atoms with Gasteiger partial charge in [0.1, 0.15) is 5.56 Å². The van der Waals surface area contributed by atoms with E-state index >= 15 is 0 Å². The second-order valence-electron chi connectivity index (χ2n) is 2.84. The minimum Gasteiger partial charge on any atom is -0.283 e. The van der Waals surface area contributed by atoms with Gasteiger partial charge < -0.3 is 0 Å². The Kier molecular flexibility index (Phi) is 4.85. The number of hydrazine groups is 1. The van der Waals surface area contributed by atoms with Crippen molar-refractivity contribution in [1.29, 1.82) is 0 Å². The maximum atomic E-state index is 11.6. The Morgan fingerprint density at radius 1 is 1.41 bits per heavy atom. The lowest BCUT2D eigenvalue weighted by Crippen LogP contribution is -2.39. The Morgan fingerprint density at radius 2 is 2.06 bits per heavy atom. The highest BCUT2D eigenvalue weighted by atomic mass is 32.2. The van der Waals surface area contributed by atoms with Crippen molar-refractivity contribution in [2.24, 2.45) is 0 Å². The topological polar surface area (TPSA) is 84.3 Å². The summed E-state index contributed by atoms with van der Waals surface area (Å²) < 4.78 is 0.372. The van der Waals surface area contributed by atoms with E-state index in [1.54, 1.807) is 12.3 Å². The van der Waals surface area contributed by atoms with E-state index in [1.165, 1.54) is 30.0 Å². The Morgan fingerprint density at radius 3 is 2.65 bits per heavy atom. The molecule has 0 radical (unpaired) electrons. The van der Waals surface area contributed by atoms with Crippen LogP contribution in [0.15, 0.2) is 24.3 Å². The molecule has 17 heavy (non-hydrogen) atoms. The van der Waals surface area contributed by atoms with Crippen LogP contribution >= 0.6 is 24.0 Å². The minimum absolute atomic E-state index is 0.0195. The van der Waals surface area contributed by atoms with Crippen molar-refractivity contribution in [2.45, 2.75) is 0 Å². The van der Waals surface area contributed by atoms with Gasteiger partial charge in [0.25, 0.3) is 11.6 Å². The zero-order chi connectivity index (χ0) is 12.8. The summed E-state index contributed by atoms with van der Waals surface area (Å²) in [5.74, 6) is -0.603. The quantitative estimate of drug-likeness (QED) is 0.481. The molecule has 0 atom stereocenters. The summed E-state index contributed by atoms with van der Waals surface area (Å²) in [5, 5.41) is 10.7. The smallest absolute Gasteiger partial charge is 0.282 e. The van der Waals surface area contributed by atoms with E-state index in [9.17, 15) is 14.9 Å². The molecule has 0 fully saturated rings. The number of benzene rings is 1. The van der Waals surface area contributed by atoms with Crippen molar-refractivity contribution >= 4 is 39.9 Å². The van der Waals surface area contributed by atoms with Gasteiger partial charge in [0.15, 0.2) is 4.32 Å². The maximum absolute atomic E-state index is 11.6. The van der Waals surface area contributed by atoms with Gasteiger partial charge in [-0.3, -0.25) is 25.8 Å². The van der Waals surface area contributed by atoms with Gasteiger partial charge in [-0.15, -0.1) is 0 Å². The molecule has 0 unspecified atom stereocenters. The van der Waals surface area contributed by atoms with E-state index in [-0.39, 0.29) is 11.3 Å². The summed E-state index contributed by atoms with van der Waals surface area (Å²) in [6.45, 7) is 0. The average molecular weight is 271 g/mol. The van der Waals surface area contributed by atoms with E-state index in [0.29, 0.717) is 4.32 Å². The number of hydrogen-bond acceptors (Lipinski definition) is 5. The summed E-state index contributed by atoms with van der Waals surface area (Å²) >= 11 is 6.06. The first-order valence-electron chi connectivity index (χ1n) is 4.44. The third kappa shape index (κ3) is 3.68. The van der Waals surface area contributed by atoms with Crippen LogP contribution in [0.2, 0.25) is 0 Å². The normalized spacial score (nSPS) is 9.47. The fourth-order valence-electron chi connectivity index (χ4n) is 1.05. The predicted molar refractivity (Wildman–Crippen MR) is 69.8 cm³/mol. The van der Waals surface area contributed by atoms with Crippen LogP contribution in [0, 0.1) is 10.1 Å². The van der Waals surface area contributed by atoms with Gasteiger partial charge in [-0.1, -0.05) is 36.1 Å². The first-order chi connectivity index (χ1) is 8.06. The summed E-state index contributed by atoms with van der Waals surface area (Å²) in [7, 11) is 0. The number of carbonyl (C=O) groups is 1. The number of nitro benzene ring substituents is 1. The summed E-state index contributed by atoms with van der Waals surface area (Å²) in [6.07, 6.45) is 1.74. The van der Waals surface area contributed by atoms with Crippen LogP contribution < -0.4 is 10.9 Å². The van der Waals surface area contributed by atoms with E-state index in [1.807, 2.05) is 0 Å². The van der Waals surface area contributed by atoms with Crippen LogP contribution in [0.5, 0.6) is 0 Å². The molecule has 0 heterocycles. The van der Waals surface area contributed by atoms with Crippen molar-refractivity contribution < 1.29 is 9.72 Å². The molecule has 0 aliphatic heterocycles. The van der Waals surface area contributed by atoms with Crippen LogP contribution in [0.25, 0.3) is 0 Å². The summed E-state index contributed by atoms with van der Waals surface area (Å²) in [5.41, 5.74) is 4.49. The zero-order valence-electron chi connectivity index (χ0n) is 8.80. The van der Waals surface area contributed by atoms with Crippen LogP contribution in [0.4, 0.5) is 5.69 Å². The van der Waals surface area contributed by atoms with Gasteiger partial charge in [-0.05, 0) is 12.3 Å². The molecule has 1 aromatic rings. The zero-order valence-corrected chi connectivity index (χ0v) is 10.4. The molecule has 90 valence electrons. The lowest BCUT2D eigenvalue weighted by atomic mass is 10.2. The molecule has 0 aliphatic rings. The molecular weight excluding hydrogens is 262 g/mol. The number of rotatable bonds is 2. The van der Waals surface area contributed by atoms with Crippen molar-refractivity contribution in [1.82, 2.24) is 10.9 Å². The molecule has 0 spiro atoms. The SMILES string of the molecule is CSC(=S)NNC(=O)c1ccccc1[N+](=O)[O-]. The molecule has 0 saturated heterocycles. The Bertz CT molecular complexity index is 465. The van der Waals surface area contributed by atoms with Gasteiger partial charge >= 0.3 is 0 Å². The lowest BCUT2D eigenvalue weighted by Gasteiger charge is -2.07. The number of hydrogen-bond donors (Lipinski definition) is 2. The van der Waals surface area contributed by atoms with Crippen molar-refractivity contribution in [3.63, 3.8) is 0 Å².